The van der Waals surface area contributed by atoms with Gasteiger partial charge < -0.3 is 5.73 Å². The van der Waals surface area contributed by atoms with Crippen LogP contribution in [-0.4, -0.2) is 5.54 Å². The average molecular weight is 274 g/mol. The Labute approximate surface area is 99.0 Å². The fraction of sp³-hybridized carbons (Fsp3) is 0.500. The molecule has 0 saturated carbocycles. The third-order valence-corrected chi connectivity index (χ3v) is 3.87. The van der Waals surface area contributed by atoms with Crippen LogP contribution in [0.2, 0.25) is 0 Å². The van der Waals surface area contributed by atoms with Crippen LogP contribution >= 0.6 is 15.9 Å². The monoisotopic (exact) mass is 273 g/mol. The number of hydrogen-bond donors (Lipinski definition) is 1. The van der Waals surface area contributed by atoms with Crippen LogP contribution in [0, 0.1) is 5.82 Å². The lowest BCUT2D eigenvalue weighted by Crippen LogP contribution is -2.40. The van der Waals surface area contributed by atoms with Gasteiger partial charge in [0.1, 0.15) is 5.82 Å². The molecule has 0 bridgehead atoms. The summed E-state index contributed by atoms with van der Waals surface area (Å²) in [5.74, 6) is -0.220. The molecule has 0 fully saturated rings. The summed E-state index contributed by atoms with van der Waals surface area (Å²) in [6.45, 7) is 4.13. The Kier molecular flexibility index (Phi) is 4.29. The molecule has 0 aromatic heterocycles. The number of nitrogens with two attached hydrogens (primary N) is 1. The third-order valence-electron chi connectivity index (χ3n) is 2.98. The number of hydrogen-bond acceptors (Lipinski definition) is 1. The maximum atomic E-state index is 13.3. The fourth-order valence-corrected chi connectivity index (χ4v) is 1.97. The summed E-state index contributed by atoms with van der Waals surface area (Å²) in [6.07, 6.45) is 2.50. The second-order valence-corrected chi connectivity index (χ2v) is 4.75. The zero-order valence-corrected chi connectivity index (χ0v) is 10.8. The predicted octanol–water partition coefficient (Wildman–Crippen LogP) is 3.65. The van der Waals surface area contributed by atoms with E-state index in [4.69, 9.17) is 5.73 Å². The first-order valence-corrected chi connectivity index (χ1v) is 6.03. The standard InChI is InChI=1S/C12H17BrFN/c1-3-12(15,4-2)8-9-6-5-7-10(14)11(9)13/h5-7H,3-4,8,15H2,1-2H3. The van der Waals surface area contributed by atoms with E-state index in [-0.39, 0.29) is 11.4 Å². The second-order valence-electron chi connectivity index (χ2n) is 3.96. The lowest BCUT2D eigenvalue weighted by Gasteiger charge is -2.27. The molecule has 15 heavy (non-hydrogen) atoms. The lowest BCUT2D eigenvalue weighted by molar-refractivity contribution is 0.392. The topological polar surface area (TPSA) is 26.0 Å². The van der Waals surface area contributed by atoms with Gasteiger partial charge in [-0.25, -0.2) is 4.39 Å². The molecule has 0 saturated heterocycles. The summed E-state index contributed by atoms with van der Waals surface area (Å²) in [5, 5.41) is 0. The minimum absolute atomic E-state index is 0.220. The van der Waals surface area contributed by atoms with Gasteiger partial charge in [-0.3, -0.25) is 0 Å². The Morgan fingerprint density at radius 3 is 2.47 bits per heavy atom. The maximum Gasteiger partial charge on any atom is 0.137 e. The van der Waals surface area contributed by atoms with Gasteiger partial charge in [0.25, 0.3) is 0 Å². The van der Waals surface area contributed by atoms with Crippen LogP contribution in [0.25, 0.3) is 0 Å². The van der Waals surface area contributed by atoms with Crippen LogP contribution in [0.15, 0.2) is 22.7 Å². The molecule has 1 aromatic carbocycles. The van der Waals surface area contributed by atoms with E-state index in [0.29, 0.717) is 10.9 Å². The Bertz CT molecular complexity index is 334. The lowest BCUT2D eigenvalue weighted by atomic mass is 9.87. The summed E-state index contributed by atoms with van der Waals surface area (Å²) < 4.78 is 13.8. The van der Waals surface area contributed by atoms with Crippen LogP contribution < -0.4 is 5.73 Å². The maximum absolute atomic E-state index is 13.3. The molecule has 0 atom stereocenters. The Hall–Kier alpha value is -0.410. The number of benzene rings is 1. The highest BCUT2D eigenvalue weighted by molar-refractivity contribution is 9.10. The molecule has 0 aliphatic heterocycles. The zero-order valence-electron chi connectivity index (χ0n) is 9.19. The number of halogens is 2. The molecule has 0 aliphatic carbocycles. The Morgan fingerprint density at radius 2 is 1.93 bits per heavy atom. The largest absolute Gasteiger partial charge is 0.325 e. The Morgan fingerprint density at radius 1 is 1.33 bits per heavy atom. The smallest absolute Gasteiger partial charge is 0.137 e. The van der Waals surface area contributed by atoms with Crippen molar-refractivity contribution in [1.82, 2.24) is 0 Å². The van der Waals surface area contributed by atoms with Crippen LogP contribution in [0.1, 0.15) is 32.3 Å². The van der Waals surface area contributed by atoms with Crippen molar-refractivity contribution in [3.05, 3.63) is 34.1 Å². The van der Waals surface area contributed by atoms with Crippen molar-refractivity contribution in [3.8, 4) is 0 Å². The number of rotatable bonds is 4. The van der Waals surface area contributed by atoms with Crippen LogP contribution in [-0.2, 0) is 6.42 Å². The van der Waals surface area contributed by atoms with Gasteiger partial charge in [0.15, 0.2) is 0 Å². The summed E-state index contributed by atoms with van der Waals surface area (Å²) >= 11 is 3.26. The predicted molar refractivity (Wildman–Crippen MR) is 65.3 cm³/mol. The van der Waals surface area contributed by atoms with Gasteiger partial charge >= 0.3 is 0 Å². The van der Waals surface area contributed by atoms with Gasteiger partial charge in [0.2, 0.25) is 0 Å². The molecule has 2 N–H and O–H groups in total. The molecule has 3 heteroatoms. The molecule has 84 valence electrons. The molecule has 1 nitrogen and oxygen atoms in total. The van der Waals surface area contributed by atoms with Gasteiger partial charge in [-0.05, 0) is 46.8 Å². The highest BCUT2D eigenvalue weighted by Crippen LogP contribution is 2.26. The molecule has 0 spiro atoms. The van der Waals surface area contributed by atoms with Crippen LogP contribution in [0.5, 0.6) is 0 Å². The SMILES string of the molecule is CCC(N)(CC)Cc1cccc(F)c1Br. The highest BCUT2D eigenvalue weighted by Gasteiger charge is 2.22. The van der Waals surface area contributed by atoms with Crippen molar-refractivity contribution < 1.29 is 4.39 Å². The zero-order chi connectivity index (χ0) is 11.5. The van der Waals surface area contributed by atoms with Crippen molar-refractivity contribution in [2.45, 2.75) is 38.6 Å². The molecule has 0 heterocycles. The molecule has 1 rings (SSSR count). The minimum atomic E-state index is -0.226. The van der Waals surface area contributed by atoms with Crippen molar-refractivity contribution in [2.75, 3.05) is 0 Å². The highest BCUT2D eigenvalue weighted by atomic mass is 79.9. The van der Waals surface area contributed by atoms with Gasteiger partial charge in [-0.15, -0.1) is 0 Å². The quantitative estimate of drug-likeness (QED) is 0.891. The van der Waals surface area contributed by atoms with E-state index in [1.165, 1.54) is 6.07 Å². The molecule has 0 radical (unpaired) electrons. The van der Waals surface area contributed by atoms with Gasteiger partial charge in [-0.1, -0.05) is 26.0 Å². The van der Waals surface area contributed by atoms with E-state index in [9.17, 15) is 4.39 Å². The van der Waals surface area contributed by atoms with E-state index in [2.05, 4.69) is 29.8 Å². The summed E-state index contributed by atoms with van der Waals surface area (Å²) in [4.78, 5) is 0. The van der Waals surface area contributed by atoms with E-state index in [1.54, 1.807) is 6.07 Å². The third kappa shape index (κ3) is 3.02. The van der Waals surface area contributed by atoms with Crippen LogP contribution in [0.4, 0.5) is 4.39 Å². The first-order valence-electron chi connectivity index (χ1n) is 5.24. The van der Waals surface area contributed by atoms with Crippen molar-refractivity contribution >= 4 is 15.9 Å². The van der Waals surface area contributed by atoms with Gasteiger partial charge in [0, 0.05) is 5.54 Å². The van der Waals surface area contributed by atoms with E-state index >= 15 is 0 Å². The molecule has 0 aliphatic rings. The molecule has 0 unspecified atom stereocenters. The van der Waals surface area contributed by atoms with Gasteiger partial charge in [-0.2, -0.15) is 0 Å². The van der Waals surface area contributed by atoms with Gasteiger partial charge in [0.05, 0.1) is 4.47 Å². The first kappa shape index (κ1) is 12.7. The van der Waals surface area contributed by atoms with Crippen molar-refractivity contribution in [1.29, 1.82) is 0 Å². The van der Waals surface area contributed by atoms with E-state index in [1.807, 2.05) is 6.07 Å². The molecule has 1 aromatic rings. The Balaban J connectivity index is 2.94. The summed E-state index contributed by atoms with van der Waals surface area (Å²) in [5.41, 5.74) is 6.92. The van der Waals surface area contributed by atoms with Crippen LogP contribution in [0.3, 0.4) is 0 Å². The minimum Gasteiger partial charge on any atom is -0.325 e. The first-order chi connectivity index (χ1) is 7.02. The van der Waals surface area contributed by atoms with E-state index in [0.717, 1.165) is 18.4 Å². The summed E-state index contributed by atoms with van der Waals surface area (Å²) in [7, 11) is 0. The molecular weight excluding hydrogens is 257 g/mol. The van der Waals surface area contributed by atoms with E-state index < -0.39 is 0 Å². The normalized spacial score (nSPS) is 11.8. The van der Waals surface area contributed by atoms with Crippen molar-refractivity contribution in [2.24, 2.45) is 5.73 Å². The second kappa shape index (κ2) is 5.08. The van der Waals surface area contributed by atoms with Crippen molar-refractivity contribution in [3.63, 3.8) is 0 Å². The average Bonchev–Trinajstić information content (AvgIpc) is 2.25. The fourth-order valence-electron chi connectivity index (χ4n) is 1.56. The molecule has 0 amide bonds. The summed E-state index contributed by atoms with van der Waals surface area (Å²) in [6, 6.07) is 5.09. The molecular formula is C12H17BrFN.